The maximum atomic E-state index is 15.9. The molecule has 4 fully saturated rings. The molecule has 1 saturated heterocycles. The van der Waals surface area contributed by atoms with E-state index in [-0.39, 0.29) is 93.2 Å². The van der Waals surface area contributed by atoms with Crippen LogP contribution in [0.2, 0.25) is 0 Å². The zero-order chi connectivity index (χ0) is 76.1. The van der Waals surface area contributed by atoms with Gasteiger partial charge in [-0.25, -0.2) is 0 Å². The minimum atomic E-state index is -1.59. The second kappa shape index (κ2) is 37.6. The summed E-state index contributed by atoms with van der Waals surface area (Å²) in [6.45, 7) is 12.7. The number of likely N-dealkylation sites (N-methyl/N-ethyl adjacent to an activating group) is 7. The average Bonchev–Trinajstić information content (AvgIpc) is 1.25. The normalized spacial score (nSPS) is 33.3. The van der Waals surface area contributed by atoms with Crippen LogP contribution in [0.25, 0.3) is 0 Å². The van der Waals surface area contributed by atoms with Crippen LogP contribution < -0.4 is 16.0 Å². The fraction of sp³-hybridized carbons (Fsp3) is 0.803. The Morgan fingerprint density at radius 3 is 1.95 bits per heavy atom. The van der Waals surface area contributed by atoms with Gasteiger partial charge in [-0.05, 0) is 158 Å². The van der Waals surface area contributed by atoms with Crippen molar-refractivity contribution in [3.63, 3.8) is 0 Å². The number of nitrogens with zero attached hydrogens (tertiary/aromatic N) is 9. The molecule has 0 radical (unpaired) electrons. The molecular weight excluding hydrogens is 1360 g/mol. The fourth-order valence-electron chi connectivity index (χ4n) is 17.4. The third kappa shape index (κ3) is 20.8. The molecule has 0 aromatic carbocycles. The molecule has 3 aliphatic carbocycles. The zero-order valence-electron chi connectivity index (χ0n) is 64.3. The van der Waals surface area contributed by atoms with Crippen molar-refractivity contribution in [3.05, 3.63) is 24.3 Å². The van der Waals surface area contributed by atoms with E-state index in [0.717, 1.165) is 19.3 Å². The first-order chi connectivity index (χ1) is 48.6. The molecule has 580 valence electrons. The maximum Gasteiger partial charge on any atom is 0.248 e. The standard InChI is InChI=1S/C76H124Cl2N12O13/c1-16-47(5)64-72(100)84(11)44-63(93)86(13)57-28-24-21-25-37-89(71(57)99)60-39-50-31-29-48(30-32-50)26-22-20-23-27-56(66(94)80-64)85(12)62(92)41-59(69(97)82(8)9)87(14)73(101)65(51(17-2)18-3)88(15)74(102)76(45-75(6,7)46-76)81-67(95)58-40-52(103-19-4)42-90(58)68(96)55(79-61(91)43-83(10)70(60)98)36-34-49-33-35-53(77)54(78)38-49/h21-22,24,26,47-60,64-65,73,101H,16-20,23,25,27-46H2,1-15H3,(H,79,91)(H,80,94)(H,81,95)/b24-21-,26-22+/t47-,48?,49?,50?,52+,53?,54?,55-,56-,57-,58-,59-,60-,64-,65-,73?/m0/s1. The number of allylic oxidation sites excluding steroid dienone is 2. The average molecular weight is 1480 g/mol. The van der Waals surface area contributed by atoms with Crippen LogP contribution in [0.4, 0.5) is 0 Å². The predicted octanol–water partition coefficient (Wildman–Crippen LogP) is 5.91. The molecule has 0 aromatic heterocycles. The summed E-state index contributed by atoms with van der Waals surface area (Å²) >= 11 is 13.4. The Hall–Kier alpha value is -5.89. The topological polar surface area (TPSA) is 282 Å². The lowest BCUT2D eigenvalue weighted by atomic mass is 9.58. The van der Waals surface area contributed by atoms with Gasteiger partial charge in [-0.1, -0.05) is 85.1 Å². The number of rotatable bonds is 11. The number of hydrogen-bond donors (Lipinski definition) is 4. The van der Waals surface area contributed by atoms with Crippen molar-refractivity contribution in [2.45, 2.75) is 267 Å². The first kappa shape index (κ1) is 84.4. The third-order valence-corrected chi connectivity index (χ3v) is 24.9. The van der Waals surface area contributed by atoms with Crippen LogP contribution in [0.3, 0.4) is 0 Å². The Balaban J connectivity index is 1.38. The number of fused-ring (bicyclic) bond motifs is 22. The summed E-state index contributed by atoms with van der Waals surface area (Å²) in [5, 5.41) is 21.7. The predicted molar refractivity (Wildman–Crippen MR) is 395 cm³/mol. The van der Waals surface area contributed by atoms with Gasteiger partial charge in [0.2, 0.25) is 65.0 Å². The highest BCUT2D eigenvalue weighted by Gasteiger charge is 2.59. The number of ether oxygens (including phenoxy) is 1. The molecule has 1 spiro atoms. The Bertz CT molecular complexity index is 3040. The van der Waals surface area contributed by atoms with Crippen molar-refractivity contribution in [2.75, 3.05) is 89.2 Å². The lowest BCUT2D eigenvalue weighted by molar-refractivity contribution is -0.165. The number of hydrogen-bond acceptors (Lipinski definition) is 14. The number of carbonyl (C=O) groups is 11. The van der Waals surface area contributed by atoms with Crippen LogP contribution in [0.5, 0.6) is 0 Å². The van der Waals surface area contributed by atoms with E-state index >= 15 is 33.6 Å². The summed E-state index contributed by atoms with van der Waals surface area (Å²) in [6.07, 6.45) is 14.5. The Morgan fingerprint density at radius 1 is 0.670 bits per heavy atom. The summed E-state index contributed by atoms with van der Waals surface area (Å²) in [6, 6.07) is -9.32. The molecule has 11 amide bonds. The van der Waals surface area contributed by atoms with Crippen molar-refractivity contribution < 1.29 is 62.6 Å². The largest absolute Gasteiger partial charge is 0.377 e. The van der Waals surface area contributed by atoms with E-state index in [1.165, 1.54) is 88.5 Å². The molecule has 6 bridgehead atoms. The van der Waals surface area contributed by atoms with Gasteiger partial charge in [0.1, 0.15) is 48.0 Å². The number of aliphatic hydroxyl groups is 1. The number of alkyl halides is 2. The Morgan fingerprint density at radius 2 is 1.33 bits per heavy atom. The van der Waals surface area contributed by atoms with Gasteiger partial charge in [0.25, 0.3) is 0 Å². The van der Waals surface area contributed by atoms with E-state index in [1.807, 2.05) is 53.7 Å². The Labute approximate surface area is 622 Å². The molecule has 9 aliphatic rings. The van der Waals surface area contributed by atoms with Gasteiger partial charge in [-0.15, -0.1) is 23.2 Å². The summed E-state index contributed by atoms with van der Waals surface area (Å²) < 4.78 is 6.18. The van der Waals surface area contributed by atoms with Crippen LogP contribution in [0.1, 0.15) is 190 Å². The molecule has 25 nitrogen and oxygen atoms in total. The third-order valence-electron chi connectivity index (χ3n) is 23.8. The van der Waals surface area contributed by atoms with Gasteiger partial charge in [0, 0.05) is 80.8 Å². The number of nitrogens with one attached hydrogen (secondary N) is 3. The van der Waals surface area contributed by atoms with Gasteiger partial charge in [-0.3, -0.25) is 57.6 Å². The molecule has 9 rings (SSSR count). The molecule has 14 atom stereocenters. The highest BCUT2D eigenvalue weighted by Crippen LogP contribution is 2.50. The molecule has 27 heteroatoms. The monoisotopic (exact) mass is 1480 g/mol. The molecule has 4 unspecified atom stereocenters. The molecule has 103 heavy (non-hydrogen) atoms. The minimum absolute atomic E-state index is 0.0223. The van der Waals surface area contributed by atoms with E-state index in [0.29, 0.717) is 70.6 Å². The highest BCUT2D eigenvalue weighted by atomic mass is 35.5. The van der Waals surface area contributed by atoms with Crippen molar-refractivity contribution in [1.82, 2.24) is 60.0 Å². The zero-order valence-corrected chi connectivity index (χ0v) is 65.9. The van der Waals surface area contributed by atoms with E-state index in [1.54, 1.807) is 18.9 Å². The van der Waals surface area contributed by atoms with Crippen LogP contribution in [0.15, 0.2) is 24.3 Å². The molecule has 6 heterocycles. The number of aliphatic hydroxyl groups excluding tert-OH is 1. The Kier molecular flexibility index (Phi) is 30.8. The quantitative estimate of drug-likeness (QED) is 0.106. The lowest BCUT2D eigenvalue weighted by Crippen LogP contribution is -2.72. The van der Waals surface area contributed by atoms with Crippen molar-refractivity contribution in [1.29, 1.82) is 0 Å². The molecule has 3 saturated carbocycles. The van der Waals surface area contributed by atoms with Gasteiger partial charge < -0.3 is 65.0 Å². The maximum absolute atomic E-state index is 15.9. The summed E-state index contributed by atoms with van der Waals surface area (Å²) in [5.41, 5.74) is -2.01. The van der Waals surface area contributed by atoms with Crippen LogP contribution in [-0.2, 0) is 57.5 Å². The van der Waals surface area contributed by atoms with Crippen LogP contribution in [0, 0.1) is 35.0 Å². The molecule has 0 aromatic rings. The molecule has 6 aliphatic heterocycles. The minimum Gasteiger partial charge on any atom is -0.377 e. The lowest BCUT2D eigenvalue weighted by Gasteiger charge is -2.55. The van der Waals surface area contributed by atoms with Gasteiger partial charge >= 0.3 is 0 Å². The highest BCUT2D eigenvalue weighted by molar-refractivity contribution is 6.30. The number of halogens is 2. The first-order valence-electron chi connectivity index (χ1n) is 38.3. The van der Waals surface area contributed by atoms with Crippen molar-refractivity contribution >= 4 is 88.2 Å². The van der Waals surface area contributed by atoms with E-state index in [4.69, 9.17) is 27.9 Å². The second-order valence-corrected chi connectivity index (χ2v) is 33.2. The fourth-order valence-corrected chi connectivity index (χ4v) is 18.0. The van der Waals surface area contributed by atoms with E-state index in [9.17, 15) is 24.3 Å². The summed E-state index contributed by atoms with van der Waals surface area (Å²) in [4.78, 5) is 180. The van der Waals surface area contributed by atoms with Gasteiger partial charge in [-0.2, -0.15) is 0 Å². The molecule has 4 N–H and O–H groups in total. The summed E-state index contributed by atoms with van der Waals surface area (Å²) in [5.74, 6) is -6.97. The van der Waals surface area contributed by atoms with E-state index in [2.05, 4.69) is 28.1 Å². The second-order valence-electron chi connectivity index (χ2n) is 32.1. The van der Waals surface area contributed by atoms with Crippen LogP contribution >= 0.6 is 23.2 Å². The summed E-state index contributed by atoms with van der Waals surface area (Å²) in [7, 11) is 12.1. The van der Waals surface area contributed by atoms with Gasteiger partial charge in [0.15, 0.2) is 0 Å². The van der Waals surface area contributed by atoms with E-state index < -0.39 is 168 Å². The SMILES string of the molecule is CCO[C@@H]1C[C@H]2C(=O)NC3(CC(C)(C)C3)C(=O)N(C)[C@@H](C(CC)CC)C(O)N(C)[C@H](C(=O)N(C)C)CC(=O)N(C)[C@H]3CCC/C=C/C4CCC(CC4)C[C@@H](C(=O)N(C)CC(=O)N[C@@H](CCC4CCC(Cl)C(Cl)C4)C(=O)N2C1)N1CC/C=C\C[C@@H](C1=O)N(C)C(=O)CN(C)C(=O)[C@H]([C@@H](C)CC)NC3=O. The van der Waals surface area contributed by atoms with Crippen LogP contribution in [-0.4, -0.2) is 280 Å². The van der Waals surface area contributed by atoms with Crippen molar-refractivity contribution in [3.8, 4) is 0 Å². The smallest absolute Gasteiger partial charge is 0.248 e. The number of carbonyl (C=O) groups excluding carboxylic acids is 11. The first-order valence-corrected chi connectivity index (χ1v) is 39.1. The molecular formula is C76H124Cl2N12O13. The van der Waals surface area contributed by atoms with Gasteiger partial charge in [0.05, 0.1) is 43.1 Å². The van der Waals surface area contributed by atoms with Crippen molar-refractivity contribution in [2.24, 2.45) is 35.0 Å². The number of amides is 11.